The van der Waals surface area contributed by atoms with Gasteiger partial charge in [-0.2, -0.15) is 0 Å². The summed E-state index contributed by atoms with van der Waals surface area (Å²) in [5.41, 5.74) is 7.04. The third-order valence-corrected chi connectivity index (χ3v) is 8.73. The molecule has 0 saturated carbocycles. The van der Waals surface area contributed by atoms with Crippen molar-refractivity contribution >= 4 is 25.5 Å². The van der Waals surface area contributed by atoms with Gasteiger partial charge in [0, 0.05) is 29.4 Å². The molecule has 1 unspecified atom stereocenters. The van der Waals surface area contributed by atoms with Gasteiger partial charge in [0.15, 0.2) is 0 Å². The molecule has 200 valence electrons. The molecule has 1 heterocycles. The van der Waals surface area contributed by atoms with E-state index in [0.29, 0.717) is 24.8 Å². The summed E-state index contributed by atoms with van der Waals surface area (Å²) in [4.78, 5) is 13.1. The smallest absolute Gasteiger partial charge is 0.251 e. The van der Waals surface area contributed by atoms with Crippen molar-refractivity contribution in [3.8, 4) is 16.9 Å². The minimum atomic E-state index is -1.59. The van der Waals surface area contributed by atoms with Crippen molar-refractivity contribution in [1.82, 2.24) is 0 Å². The molecule has 0 bridgehead atoms. The lowest BCUT2D eigenvalue weighted by atomic mass is 9.86. The van der Waals surface area contributed by atoms with Crippen molar-refractivity contribution in [3.63, 3.8) is 0 Å². The van der Waals surface area contributed by atoms with Crippen LogP contribution in [0.25, 0.3) is 17.2 Å². The third kappa shape index (κ3) is 7.48. The molecule has 38 heavy (non-hydrogen) atoms. The van der Waals surface area contributed by atoms with Gasteiger partial charge in [-0.25, -0.2) is 0 Å². The second-order valence-corrected chi connectivity index (χ2v) is 13.1. The molecule has 0 fully saturated rings. The lowest BCUT2D eigenvalue weighted by molar-refractivity contribution is -0.113. The van der Waals surface area contributed by atoms with Crippen LogP contribution in [0, 0.1) is 0 Å². The molecular formula is C33H40NO3P. The molecule has 3 aromatic rings. The number of amides is 1. The molecule has 4 nitrogen and oxygen atoms in total. The first-order chi connectivity index (χ1) is 18.2. The van der Waals surface area contributed by atoms with Gasteiger partial charge in [0.25, 0.3) is 5.91 Å². The van der Waals surface area contributed by atoms with Crippen molar-refractivity contribution < 1.29 is 14.1 Å². The molecular weight excluding hydrogens is 489 g/mol. The summed E-state index contributed by atoms with van der Waals surface area (Å²) in [6, 6.07) is 22.6. The Bertz CT molecular complexity index is 1300. The molecule has 5 heteroatoms. The number of carbonyl (C=O) groups is 1. The lowest BCUT2D eigenvalue weighted by Gasteiger charge is -2.19. The van der Waals surface area contributed by atoms with E-state index >= 15 is 0 Å². The highest BCUT2D eigenvalue weighted by molar-refractivity contribution is 7.43. The molecule has 1 aliphatic heterocycles. The molecule has 0 spiro atoms. The van der Waals surface area contributed by atoms with Crippen molar-refractivity contribution in [2.45, 2.75) is 65.0 Å². The van der Waals surface area contributed by atoms with Crippen LogP contribution in [0.4, 0.5) is 5.69 Å². The maximum absolute atomic E-state index is 13.1. The van der Waals surface area contributed by atoms with Crippen LogP contribution in [0.15, 0.2) is 72.3 Å². The zero-order chi connectivity index (χ0) is 27.1. The molecule has 3 aromatic carbocycles. The summed E-state index contributed by atoms with van der Waals surface area (Å²) in [5.74, 6) is 0.670. The first kappa shape index (κ1) is 27.9. The van der Waals surface area contributed by atoms with Crippen LogP contribution < -0.4 is 10.1 Å². The lowest BCUT2D eigenvalue weighted by Crippen LogP contribution is -2.15. The van der Waals surface area contributed by atoms with E-state index < -0.39 is 7.80 Å². The van der Waals surface area contributed by atoms with E-state index in [1.807, 2.05) is 36.4 Å². The van der Waals surface area contributed by atoms with Gasteiger partial charge in [-0.3, -0.25) is 4.79 Å². The van der Waals surface area contributed by atoms with Gasteiger partial charge in [-0.1, -0.05) is 83.0 Å². The molecule has 1 amide bonds. The van der Waals surface area contributed by atoms with E-state index in [9.17, 15) is 9.36 Å². The van der Waals surface area contributed by atoms with E-state index in [4.69, 9.17) is 4.74 Å². The monoisotopic (exact) mass is 529 g/mol. The van der Waals surface area contributed by atoms with E-state index in [1.165, 1.54) is 5.56 Å². The van der Waals surface area contributed by atoms with E-state index in [-0.39, 0.29) is 11.3 Å². The van der Waals surface area contributed by atoms with Crippen LogP contribution in [0.3, 0.4) is 0 Å². The Kier molecular flexibility index (Phi) is 9.28. The number of hydrogen-bond donors (Lipinski definition) is 1. The number of hydrogen-bond acceptors (Lipinski definition) is 3. The number of carbonyl (C=O) groups excluding carboxylic acids is 1. The predicted molar refractivity (Wildman–Crippen MR) is 161 cm³/mol. The number of unbranched alkanes of at least 4 members (excludes halogenated alkanes) is 2. The number of rotatable bonds is 9. The van der Waals surface area contributed by atoms with Gasteiger partial charge >= 0.3 is 0 Å². The van der Waals surface area contributed by atoms with Gasteiger partial charge < -0.3 is 14.6 Å². The highest BCUT2D eigenvalue weighted by atomic mass is 31.1. The van der Waals surface area contributed by atoms with Gasteiger partial charge in [-0.05, 0) is 70.6 Å². The molecule has 4 rings (SSSR count). The normalized spacial score (nSPS) is 14.1. The fraction of sp³-hybridized carbons (Fsp3) is 0.364. The Morgan fingerprint density at radius 2 is 1.66 bits per heavy atom. The second kappa shape index (κ2) is 12.6. The molecule has 0 radical (unpaired) electrons. The summed E-state index contributed by atoms with van der Waals surface area (Å²) in [6.07, 6.45) is 7.25. The van der Waals surface area contributed by atoms with Crippen LogP contribution in [0.2, 0.25) is 0 Å². The van der Waals surface area contributed by atoms with Crippen LogP contribution >= 0.6 is 7.80 Å². The molecule has 1 N–H and O–H groups in total. The van der Waals surface area contributed by atoms with Crippen molar-refractivity contribution in [1.29, 1.82) is 0 Å². The maximum atomic E-state index is 13.1. The highest BCUT2D eigenvalue weighted by Gasteiger charge is 2.17. The van der Waals surface area contributed by atoms with Crippen molar-refractivity contribution in [3.05, 3.63) is 89.0 Å². The highest BCUT2D eigenvalue weighted by Crippen LogP contribution is 2.33. The molecule has 0 aliphatic carbocycles. The first-order valence-electron chi connectivity index (χ1n) is 13.7. The number of nitrogens with one attached hydrogen (secondary N) is 1. The fourth-order valence-electron chi connectivity index (χ4n) is 4.65. The first-order valence-corrected chi connectivity index (χ1v) is 15.6. The van der Waals surface area contributed by atoms with Crippen LogP contribution in [0.1, 0.15) is 70.1 Å². The zero-order valence-corrected chi connectivity index (χ0v) is 24.1. The van der Waals surface area contributed by atoms with Crippen LogP contribution in [-0.4, -0.2) is 18.7 Å². The Balaban J connectivity index is 1.45. The number of fused-ring (bicyclic) bond motifs is 1. The Labute approximate surface area is 228 Å². The van der Waals surface area contributed by atoms with Crippen molar-refractivity contribution in [2.75, 3.05) is 18.1 Å². The largest absolute Gasteiger partial charge is 0.493 e. The minimum absolute atomic E-state index is 0.111. The van der Waals surface area contributed by atoms with Crippen LogP contribution in [-0.2, 0) is 20.9 Å². The van der Waals surface area contributed by atoms with E-state index in [2.05, 4.69) is 69.4 Å². The van der Waals surface area contributed by atoms with E-state index in [1.54, 1.807) is 0 Å². The summed E-state index contributed by atoms with van der Waals surface area (Å²) in [7, 11) is -1.59. The predicted octanol–water partition coefficient (Wildman–Crippen LogP) is 8.71. The second-order valence-electron chi connectivity index (χ2n) is 11.2. The Morgan fingerprint density at radius 3 is 2.34 bits per heavy atom. The molecule has 1 aliphatic rings. The number of anilines is 1. The van der Waals surface area contributed by atoms with Crippen LogP contribution in [0.5, 0.6) is 5.75 Å². The molecule has 0 aromatic heterocycles. The SMILES string of the molecule is CCCCC[PH](=O)Cc1ccc(NC(=O)C2=Cc3cc(-c4ccc(C(C)(C)C)cc4)ccc3OCC2)cc1. The summed E-state index contributed by atoms with van der Waals surface area (Å²) >= 11 is 0. The minimum Gasteiger partial charge on any atom is -0.493 e. The van der Waals surface area contributed by atoms with E-state index in [0.717, 1.165) is 59.1 Å². The number of ether oxygens (including phenoxy) is 1. The molecule has 1 atom stereocenters. The average molecular weight is 530 g/mol. The maximum Gasteiger partial charge on any atom is 0.251 e. The standard InChI is InChI=1S/C33H40NO3P/c1-5-6-7-20-38(36)23-24-8-15-30(16-9-24)34-32(35)27-18-19-37-31-17-12-26(21-28(31)22-27)25-10-13-29(14-11-25)33(2,3)4/h8-17,21-22,38H,5-7,18-20,23H2,1-4H3,(H,34,35). The fourth-order valence-corrected chi connectivity index (χ4v) is 6.16. The summed E-state index contributed by atoms with van der Waals surface area (Å²) in [5, 5.41) is 3.03. The van der Waals surface area contributed by atoms with Gasteiger partial charge in [0.1, 0.15) is 5.75 Å². The summed E-state index contributed by atoms with van der Waals surface area (Å²) in [6.45, 7) is 9.26. The van der Waals surface area contributed by atoms with Gasteiger partial charge in [0.2, 0.25) is 0 Å². The average Bonchev–Trinajstić information content (AvgIpc) is 3.12. The van der Waals surface area contributed by atoms with Crippen molar-refractivity contribution in [2.24, 2.45) is 0 Å². The van der Waals surface area contributed by atoms with Gasteiger partial charge in [-0.15, -0.1) is 0 Å². The Morgan fingerprint density at radius 1 is 0.947 bits per heavy atom. The quantitative estimate of drug-likeness (QED) is 0.223. The van der Waals surface area contributed by atoms with Gasteiger partial charge in [0.05, 0.1) is 14.4 Å². The zero-order valence-electron chi connectivity index (χ0n) is 23.1. The third-order valence-electron chi connectivity index (χ3n) is 7.02. The number of benzene rings is 3. The Hall–Kier alpha value is -3.10. The molecule has 0 saturated heterocycles. The topological polar surface area (TPSA) is 55.4 Å². The summed E-state index contributed by atoms with van der Waals surface area (Å²) < 4.78 is 18.3.